The minimum absolute atomic E-state index is 0.191. The fraction of sp³-hybridized carbons (Fsp3) is 0.316. The molecule has 0 saturated heterocycles. The molecule has 2 rings (SSSR count). The highest BCUT2D eigenvalue weighted by atomic mass is 35.5. The summed E-state index contributed by atoms with van der Waals surface area (Å²) in [7, 11) is 0. The molecule has 0 fully saturated rings. The molecule has 0 spiro atoms. The first-order valence-electron chi connectivity index (χ1n) is 7.81. The SMILES string of the molecule is CC[C@H](NC(=S)Nc1ccc(C)c(Cl)c1)c1ccc(C)cc1C. The summed E-state index contributed by atoms with van der Waals surface area (Å²) < 4.78 is 0. The minimum Gasteiger partial charge on any atom is -0.356 e. The van der Waals surface area contributed by atoms with Crippen LogP contribution < -0.4 is 10.6 Å². The highest BCUT2D eigenvalue weighted by Crippen LogP contribution is 2.23. The van der Waals surface area contributed by atoms with E-state index in [0.29, 0.717) is 5.11 Å². The Hall–Kier alpha value is -1.58. The van der Waals surface area contributed by atoms with E-state index in [0.717, 1.165) is 22.7 Å². The van der Waals surface area contributed by atoms with Crippen LogP contribution in [0.15, 0.2) is 36.4 Å². The normalized spacial score (nSPS) is 11.9. The van der Waals surface area contributed by atoms with E-state index >= 15 is 0 Å². The number of thiocarbonyl (C=S) groups is 1. The van der Waals surface area contributed by atoms with Crippen LogP contribution in [0.3, 0.4) is 0 Å². The summed E-state index contributed by atoms with van der Waals surface area (Å²) in [6.07, 6.45) is 0.959. The van der Waals surface area contributed by atoms with Gasteiger partial charge in [-0.25, -0.2) is 0 Å². The van der Waals surface area contributed by atoms with Crippen LogP contribution in [-0.4, -0.2) is 5.11 Å². The van der Waals surface area contributed by atoms with Crippen molar-refractivity contribution in [2.24, 2.45) is 0 Å². The lowest BCUT2D eigenvalue weighted by molar-refractivity contribution is 0.625. The van der Waals surface area contributed by atoms with Crippen LogP contribution in [0.4, 0.5) is 5.69 Å². The van der Waals surface area contributed by atoms with Gasteiger partial charge in [-0.05, 0) is 68.2 Å². The van der Waals surface area contributed by atoms with Gasteiger partial charge < -0.3 is 10.6 Å². The van der Waals surface area contributed by atoms with Gasteiger partial charge in [0.15, 0.2) is 5.11 Å². The Morgan fingerprint density at radius 2 is 1.83 bits per heavy atom. The zero-order valence-corrected chi connectivity index (χ0v) is 15.6. The topological polar surface area (TPSA) is 24.1 Å². The molecule has 0 bridgehead atoms. The Kier molecular flexibility index (Phi) is 6.03. The van der Waals surface area contributed by atoms with Crippen LogP contribution in [0.25, 0.3) is 0 Å². The number of nitrogens with one attached hydrogen (secondary N) is 2. The Balaban J connectivity index is 2.08. The molecule has 0 radical (unpaired) electrons. The number of aryl methyl sites for hydroxylation is 3. The second-order valence-electron chi connectivity index (χ2n) is 5.88. The number of hydrogen-bond donors (Lipinski definition) is 2. The van der Waals surface area contributed by atoms with Gasteiger partial charge in [0.2, 0.25) is 0 Å². The molecule has 0 heterocycles. The molecule has 0 aliphatic carbocycles. The van der Waals surface area contributed by atoms with E-state index in [2.05, 4.69) is 49.6 Å². The third kappa shape index (κ3) is 4.69. The van der Waals surface area contributed by atoms with Crippen molar-refractivity contribution >= 4 is 34.6 Å². The maximum absolute atomic E-state index is 6.16. The predicted molar refractivity (Wildman–Crippen MR) is 104 cm³/mol. The maximum Gasteiger partial charge on any atom is 0.171 e. The lowest BCUT2D eigenvalue weighted by Gasteiger charge is -2.22. The van der Waals surface area contributed by atoms with Crippen molar-refractivity contribution in [3.8, 4) is 0 Å². The Labute approximate surface area is 149 Å². The molecule has 2 aromatic rings. The first-order valence-corrected chi connectivity index (χ1v) is 8.60. The van der Waals surface area contributed by atoms with Crippen molar-refractivity contribution in [2.75, 3.05) is 5.32 Å². The number of benzene rings is 2. The van der Waals surface area contributed by atoms with Crippen molar-refractivity contribution in [1.82, 2.24) is 5.32 Å². The molecule has 0 saturated carbocycles. The van der Waals surface area contributed by atoms with Crippen LogP contribution in [0.2, 0.25) is 5.02 Å². The average Bonchev–Trinajstić information content (AvgIpc) is 2.49. The Morgan fingerprint density at radius 1 is 1.09 bits per heavy atom. The van der Waals surface area contributed by atoms with Crippen LogP contribution in [0, 0.1) is 20.8 Å². The highest BCUT2D eigenvalue weighted by Gasteiger charge is 2.13. The summed E-state index contributed by atoms with van der Waals surface area (Å²) in [5.41, 5.74) is 5.79. The molecule has 4 heteroatoms. The van der Waals surface area contributed by atoms with Gasteiger partial charge in [-0.1, -0.05) is 48.4 Å². The lowest BCUT2D eigenvalue weighted by Crippen LogP contribution is -2.32. The van der Waals surface area contributed by atoms with Gasteiger partial charge in [-0.15, -0.1) is 0 Å². The van der Waals surface area contributed by atoms with Gasteiger partial charge in [0.1, 0.15) is 0 Å². The molecular formula is C19H23ClN2S. The predicted octanol–water partition coefficient (Wildman–Crippen LogP) is 5.70. The maximum atomic E-state index is 6.16. The summed E-state index contributed by atoms with van der Waals surface area (Å²) in [4.78, 5) is 0. The van der Waals surface area contributed by atoms with Gasteiger partial charge in [-0.3, -0.25) is 0 Å². The summed E-state index contributed by atoms with van der Waals surface area (Å²) in [5, 5.41) is 7.96. The summed E-state index contributed by atoms with van der Waals surface area (Å²) >= 11 is 11.6. The fourth-order valence-electron chi connectivity index (χ4n) is 2.61. The number of rotatable bonds is 4. The van der Waals surface area contributed by atoms with Gasteiger partial charge in [0.25, 0.3) is 0 Å². The van der Waals surface area contributed by atoms with E-state index in [9.17, 15) is 0 Å². The van der Waals surface area contributed by atoms with Crippen LogP contribution in [0.1, 0.15) is 41.6 Å². The van der Waals surface area contributed by atoms with Crippen LogP contribution in [-0.2, 0) is 0 Å². The van der Waals surface area contributed by atoms with E-state index in [1.807, 2.05) is 25.1 Å². The molecule has 2 aromatic carbocycles. The largest absolute Gasteiger partial charge is 0.356 e. The zero-order valence-electron chi connectivity index (χ0n) is 14.0. The minimum atomic E-state index is 0.191. The molecule has 0 aliphatic heterocycles. The lowest BCUT2D eigenvalue weighted by atomic mass is 9.98. The zero-order chi connectivity index (χ0) is 17.0. The second kappa shape index (κ2) is 7.80. The quantitative estimate of drug-likeness (QED) is 0.694. The van der Waals surface area contributed by atoms with E-state index in [-0.39, 0.29) is 6.04 Å². The van der Waals surface area contributed by atoms with Gasteiger partial charge in [-0.2, -0.15) is 0 Å². The van der Waals surface area contributed by atoms with Crippen LogP contribution in [0.5, 0.6) is 0 Å². The van der Waals surface area contributed by atoms with E-state index in [4.69, 9.17) is 23.8 Å². The van der Waals surface area contributed by atoms with Gasteiger partial charge >= 0.3 is 0 Å². The van der Waals surface area contributed by atoms with Crippen molar-refractivity contribution in [3.05, 3.63) is 63.7 Å². The smallest absolute Gasteiger partial charge is 0.171 e. The van der Waals surface area contributed by atoms with Gasteiger partial charge in [0.05, 0.1) is 6.04 Å². The summed E-state index contributed by atoms with van der Waals surface area (Å²) in [6, 6.07) is 12.6. The molecule has 0 aliphatic rings. The highest BCUT2D eigenvalue weighted by molar-refractivity contribution is 7.80. The molecule has 0 unspecified atom stereocenters. The molecular weight excluding hydrogens is 324 g/mol. The van der Waals surface area contributed by atoms with Crippen molar-refractivity contribution in [2.45, 2.75) is 40.2 Å². The van der Waals surface area contributed by atoms with Crippen molar-refractivity contribution in [3.63, 3.8) is 0 Å². The average molecular weight is 347 g/mol. The molecule has 122 valence electrons. The third-order valence-corrected chi connectivity index (χ3v) is 4.57. The molecule has 0 amide bonds. The van der Waals surface area contributed by atoms with Gasteiger partial charge in [0, 0.05) is 10.7 Å². The standard InChI is InChI=1S/C19H23ClN2S/c1-5-18(16-9-6-12(2)10-14(16)4)22-19(23)21-15-8-7-13(3)17(20)11-15/h6-11,18H,5H2,1-4H3,(H2,21,22,23)/t18-/m0/s1. The third-order valence-electron chi connectivity index (χ3n) is 3.94. The molecule has 0 aromatic heterocycles. The Morgan fingerprint density at radius 3 is 2.43 bits per heavy atom. The molecule has 23 heavy (non-hydrogen) atoms. The van der Waals surface area contributed by atoms with Crippen LogP contribution >= 0.6 is 23.8 Å². The second-order valence-corrected chi connectivity index (χ2v) is 6.70. The van der Waals surface area contributed by atoms with E-state index in [1.165, 1.54) is 16.7 Å². The van der Waals surface area contributed by atoms with E-state index < -0.39 is 0 Å². The first-order chi connectivity index (χ1) is 10.9. The number of anilines is 1. The number of hydrogen-bond acceptors (Lipinski definition) is 1. The molecule has 2 N–H and O–H groups in total. The first kappa shape index (κ1) is 17.8. The fourth-order valence-corrected chi connectivity index (χ4v) is 3.05. The van der Waals surface area contributed by atoms with Crippen molar-refractivity contribution in [1.29, 1.82) is 0 Å². The summed E-state index contributed by atoms with van der Waals surface area (Å²) in [5.74, 6) is 0. The Bertz CT molecular complexity index is 713. The number of halogens is 1. The molecule has 2 nitrogen and oxygen atoms in total. The summed E-state index contributed by atoms with van der Waals surface area (Å²) in [6.45, 7) is 8.39. The van der Waals surface area contributed by atoms with E-state index in [1.54, 1.807) is 0 Å². The molecule has 1 atom stereocenters. The van der Waals surface area contributed by atoms with Crippen molar-refractivity contribution < 1.29 is 0 Å². The monoisotopic (exact) mass is 346 g/mol.